The first-order chi connectivity index (χ1) is 12.1. The lowest BCUT2D eigenvalue weighted by Gasteiger charge is -2.11. The predicted octanol–water partition coefficient (Wildman–Crippen LogP) is 4.02. The van der Waals surface area contributed by atoms with Crippen molar-refractivity contribution in [3.8, 4) is 5.75 Å². The third-order valence-corrected chi connectivity index (χ3v) is 4.51. The molecule has 124 valence electrons. The molecule has 4 aromatic rings. The Labute approximate surface area is 143 Å². The Kier molecular flexibility index (Phi) is 3.42. The molecule has 0 bridgehead atoms. The van der Waals surface area contributed by atoms with Crippen LogP contribution in [0.4, 0.5) is 0 Å². The number of carbonyl (C=O) groups is 1. The van der Waals surface area contributed by atoms with Crippen LogP contribution in [-0.4, -0.2) is 26.2 Å². The average Bonchev–Trinajstić information content (AvgIpc) is 2.99. The number of carboxylic acids is 1. The number of aromatic amines is 1. The second-order valence-electron chi connectivity index (χ2n) is 6.09. The van der Waals surface area contributed by atoms with E-state index in [1.54, 1.807) is 12.1 Å². The standard InChI is InChI=1S/C20H16N2O3/c1-11-5-4-7-14-17(20(24)25)19(23)16(22-18(11)14)9-12-10-21-15-8-3-2-6-13(12)15/h2-8,10,21,23H,9H2,1H3,(H,24,25). The van der Waals surface area contributed by atoms with E-state index < -0.39 is 5.97 Å². The number of carboxylic acid groups (broad SMARTS) is 1. The number of nitrogens with zero attached hydrogens (tertiary/aromatic N) is 1. The van der Waals surface area contributed by atoms with Crippen LogP contribution in [0.15, 0.2) is 48.7 Å². The van der Waals surface area contributed by atoms with E-state index in [4.69, 9.17) is 0 Å². The number of pyridine rings is 1. The molecular weight excluding hydrogens is 316 g/mol. The van der Waals surface area contributed by atoms with E-state index in [2.05, 4.69) is 9.97 Å². The third kappa shape index (κ3) is 2.41. The van der Waals surface area contributed by atoms with Gasteiger partial charge in [0, 0.05) is 28.9 Å². The number of nitrogens with one attached hydrogen (secondary N) is 1. The molecule has 5 nitrogen and oxygen atoms in total. The van der Waals surface area contributed by atoms with Gasteiger partial charge in [-0.05, 0) is 24.1 Å². The summed E-state index contributed by atoms with van der Waals surface area (Å²) in [6.07, 6.45) is 2.22. The molecule has 0 spiro atoms. The van der Waals surface area contributed by atoms with E-state index in [-0.39, 0.29) is 11.3 Å². The minimum absolute atomic E-state index is 0.0939. The van der Waals surface area contributed by atoms with Gasteiger partial charge in [0.1, 0.15) is 5.56 Å². The number of para-hydroxylation sites is 2. The van der Waals surface area contributed by atoms with Crippen LogP contribution in [0.1, 0.15) is 27.2 Å². The van der Waals surface area contributed by atoms with Gasteiger partial charge in [0.2, 0.25) is 0 Å². The predicted molar refractivity (Wildman–Crippen MR) is 96.2 cm³/mol. The zero-order chi connectivity index (χ0) is 17.6. The van der Waals surface area contributed by atoms with Gasteiger partial charge in [-0.2, -0.15) is 0 Å². The van der Waals surface area contributed by atoms with Gasteiger partial charge in [0.05, 0.1) is 11.2 Å². The molecule has 3 N–H and O–H groups in total. The van der Waals surface area contributed by atoms with E-state index in [9.17, 15) is 15.0 Å². The molecule has 2 heterocycles. The number of fused-ring (bicyclic) bond motifs is 2. The molecule has 25 heavy (non-hydrogen) atoms. The van der Waals surface area contributed by atoms with Gasteiger partial charge in [0.15, 0.2) is 5.75 Å². The molecule has 0 radical (unpaired) electrons. The lowest BCUT2D eigenvalue weighted by molar-refractivity contribution is 0.0695. The molecule has 0 amide bonds. The summed E-state index contributed by atoms with van der Waals surface area (Å²) < 4.78 is 0. The smallest absolute Gasteiger partial charge is 0.340 e. The van der Waals surface area contributed by atoms with Crippen LogP contribution in [0.2, 0.25) is 0 Å². The topological polar surface area (TPSA) is 86.2 Å². The van der Waals surface area contributed by atoms with Gasteiger partial charge in [-0.3, -0.25) is 0 Å². The maximum Gasteiger partial charge on any atom is 0.340 e. The highest BCUT2D eigenvalue weighted by Crippen LogP contribution is 2.32. The van der Waals surface area contributed by atoms with Crippen LogP contribution >= 0.6 is 0 Å². The quantitative estimate of drug-likeness (QED) is 0.529. The normalized spacial score (nSPS) is 11.2. The second-order valence-corrected chi connectivity index (χ2v) is 6.09. The number of hydrogen-bond donors (Lipinski definition) is 3. The fourth-order valence-corrected chi connectivity index (χ4v) is 3.27. The molecule has 2 aromatic carbocycles. The first-order valence-corrected chi connectivity index (χ1v) is 7.95. The largest absolute Gasteiger partial charge is 0.505 e. The van der Waals surface area contributed by atoms with Crippen molar-refractivity contribution in [2.24, 2.45) is 0 Å². The summed E-state index contributed by atoms with van der Waals surface area (Å²) in [5.74, 6) is -1.42. The Morgan fingerprint density at radius 2 is 1.88 bits per heavy atom. The highest BCUT2D eigenvalue weighted by molar-refractivity contribution is 6.06. The number of hydrogen-bond acceptors (Lipinski definition) is 3. The van der Waals surface area contributed by atoms with Gasteiger partial charge in [-0.25, -0.2) is 9.78 Å². The Balaban J connectivity index is 1.94. The van der Waals surface area contributed by atoms with Crippen LogP contribution in [0.5, 0.6) is 5.75 Å². The molecule has 0 unspecified atom stereocenters. The number of aryl methyl sites for hydroxylation is 1. The molecule has 5 heteroatoms. The zero-order valence-corrected chi connectivity index (χ0v) is 13.6. The lowest BCUT2D eigenvalue weighted by Crippen LogP contribution is -2.04. The van der Waals surface area contributed by atoms with Gasteiger partial charge in [-0.15, -0.1) is 0 Å². The Hall–Kier alpha value is -3.34. The highest BCUT2D eigenvalue weighted by atomic mass is 16.4. The SMILES string of the molecule is Cc1cccc2c(C(=O)O)c(O)c(Cc3c[nH]c4ccccc34)nc12. The van der Waals surface area contributed by atoms with E-state index in [1.165, 1.54) is 0 Å². The van der Waals surface area contributed by atoms with Crippen molar-refractivity contribution in [3.05, 3.63) is 71.0 Å². The number of benzene rings is 2. The summed E-state index contributed by atoms with van der Waals surface area (Å²) >= 11 is 0. The molecule has 4 rings (SSSR count). The number of rotatable bonds is 3. The second kappa shape index (κ2) is 5.63. The van der Waals surface area contributed by atoms with E-state index >= 15 is 0 Å². The van der Waals surface area contributed by atoms with Gasteiger partial charge in [-0.1, -0.05) is 36.4 Å². The molecule has 0 saturated heterocycles. The summed E-state index contributed by atoms with van der Waals surface area (Å²) in [7, 11) is 0. The van der Waals surface area contributed by atoms with Crippen molar-refractivity contribution in [3.63, 3.8) is 0 Å². The molecule has 2 aromatic heterocycles. The summed E-state index contributed by atoms with van der Waals surface area (Å²) in [5.41, 5.74) is 3.70. The number of aromatic carboxylic acids is 1. The Morgan fingerprint density at radius 3 is 2.68 bits per heavy atom. The van der Waals surface area contributed by atoms with Crippen LogP contribution in [0.3, 0.4) is 0 Å². The fourth-order valence-electron chi connectivity index (χ4n) is 3.27. The lowest BCUT2D eigenvalue weighted by atomic mass is 10.0. The Bertz CT molecular complexity index is 1130. The molecule has 0 aliphatic rings. The van der Waals surface area contributed by atoms with Crippen molar-refractivity contribution in [1.29, 1.82) is 0 Å². The van der Waals surface area contributed by atoms with Crippen molar-refractivity contribution in [2.45, 2.75) is 13.3 Å². The minimum Gasteiger partial charge on any atom is -0.505 e. The summed E-state index contributed by atoms with van der Waals surface area (Å²) in [6.45, 7) is 1.88. The first kappa shape index (κ1) is 15.2. The van der Waals surface area contributed by atoms with Crippen molar-refractivity contribution < 1.29 is 15.0 Å². The minimum atomic E-state index is -1.16. The van der Waals surface area contributed by atoms with Crippen molar-refractivity contribution in [1.82, 2.24) is 9.97 Å². The fraction of sp³-hybridized carbons (Fsp3) is 0.100. The molecular formula is C20H16N2O3. The summed E-state index contributed by atoms with van der Waals surface area (Å²) in [4.78, 5) is 19.5. The first-order valence-electron chi connectivity index (χ1n) is 7.95. The molecule has 0 aliphatic heterocycles. The number of aromatic hydroxyl groups is 1. The zero-order valence-electron chi connectivity index (χ0n) is 13.6. The van der Waals surface area contributed by atoms with Crippen LogP contribution < -0.4 is 0 Å². The van der Waals surface area contributed by atoms with E-state index in [0.717, 1.165) is 22.0 Å². The maximum atomic E-state index is 11.7. The van der Waals surface area contributed by atoms with E-state index in [0.29, 0.717) is 23.0 Å². The third-order valence-electron chi connectivity index (χ3n) is 4.51. The molecule has 0 aliphatic carbocycles. The van der Waals surface area contributed by atoms with Crippen LogP contribution in [0.25, 0.3) is 21.8 Å². The number of H-pyrrole nitrogens is 1. The summed E-state index contributed by atoms with van der Waals surface area (Å²) in [5, 5.41) is 21.6. The van der Waals surface area contributed by atoms with Gasteiger partial charge in [0.25, 0.3) is 0 Å². The van der Waals surface area contributed by atoms with E-state index in [1.807, 2.05) is 43.5 Å². The van der Waals surface area contributed by atoms with Crippen LogP contribution in [-0.2, 0) is 6.42 Å². The van der Waals surface area contributed by atoms with Gasteiger partial charge >= 0.3 is 5.97 Å². The van der Waals surface area contributed by atoms with Crippen molar-refractivity contribution in [2.75, 3.05) is 0 Å². The highest BCUT2D eigenvalue weighted by Gasteiger charge is 2.21. The van der Waals surface area contributed by atoms with Crippen LogP contribution in [0, 0.1) is 6.92 Å². The maximum absolute atomic E-state index is 11.7. The van der Waals surface area contributed by atoms with Crippen molar-refractivity contribution >= 4 is 27.8 Å². The monoisotopic (exact) mass is 332 g/mol. The molecule has 0 atom stereocenters. The Morgan fingerprint density at radius 1 is 1.12 bits per heavy atom. The number of aromatic nitrogens is 2. The summed E-state index contributed by atoms with van der Waals surface area (Å²) in [6, 6.07) is 13.2. The van der Waals surface area contributed by atoms with Gasteiger partial charge < -0.3 is 15.2 Å². The molecule has 0 saturated carbocycles. The molecule has 0 fully saturated rings. The average molecular weight is 332 g/mol.